The van der Waals surface area contributed by atoms with Gasteiger partial charge in [0.25, 0.3) is 0 Å². The van der Waals surface area contributed by atoms with E-state index < -0.39 is 37.4 Å². The summed E-state index contributed by atoms with van der Waals surface area (Å²) >= 11 is 0. The predicted molar refractivity (Wildman–Crippen MR) is 159 cm³/mol. The fraction of sp³-hybridized carbons (Fsp3) is 0.379. The molecule has 0 saturated carbocycles. The number of benzene rings is 3. The molecule has 0 fully saturated rings. The second kappa shape index (κ2) is 12.6. The van der Waals surface area contributed by atoms with Crippen molar-refractivity contribution in [3.63, 3.8) is 0 Å². The van der Waals surface area contributed by atoms with Crippen molar-refractivity contribution in [1.29, 1.82) is 0 Å². The highest BCUT2D eigenvalue weighted by Gasteiger charge is 2.49. The zero-order valence-corrected chi connectivity index (χ0v) is 25.8. The highest BCUT2D eigenvalue weighted by Crippen LogP contribution is 2.45. The van der Waals surface area contributed by atoms with Gasteiger partial charge in [0.2, 0.25) is 10.0 Å². The summed E-state index contributed by atoms with van der Waals surface area (Å²) in [6, 6.07) is 17.6. The van der Waals surface area contributed by atoms with Gasteiger partial charge in [-0.25, -0.2) is 8.42 Å². The molecule has 0 aliphatic carbocycles. The Labute approximate surface area is 250 Å². The molecule has 9 nitrogen and oxygen atoms in total. The molecule has 43 heavy (non-hydrogen) atoms. The Morgan fingerprint density at radius 1 is 1.02 bits per heavy atom. The summed E-state index contributed by atoms with van der Waals surface area (Å²) in [6.07, 6.45) is 2.04. The first-order valence-corrected chi connectivity index (χ1v) is 16.4. The largest absolute Gasteiger partial charge is 0.534 e. The maximum Gasteiger partial charge on any atom is 0.534 e. The molecule has 3 aromatic carbocycles. The smallest absolute Gasteiger partial charge is 0.497 e. The van der Waals surface area contributed by atoms with E-state index in [9.17, 15) is 30.0 Å². The van der Waals surface area contributed by atoms with Crippen LogP contribution in [0.2, 0.25) is 0 Å². The number of methoxy groups -OCH3 is 1. The van der Waals surface area contributed by atoms with E-state index in [-0.39, 0.29) is 29.4 Å². The number of para-hydroxylation sites is 1. The first-order valence-electron chi connectivity index (χ1n) is 13.5. The van der Waals surface area contributed by atoms with Crippen LogP contribution in [0.1, 0.15) is 31.7 Å². The van der Waals surface area contributed by atoms with Crippen molar-refractivity contribution in [2.45, 2.75) is 49.2 Å². The maximum absolute atomic E-state index is 14.5. The minimum Gasteiger partial charge on any atom is -0.497 e. The van der Waals surface area contributed by atoms with Crippen LogP contribution in [0.4, 0.5) is 30.2 Å². The van der Waals surface area contributed by atoms with Crippen LogP contribution in [0.5, 0.6) is 11.5 Å². The van der Waals surface area contributed by atoms with Crippen LogP contribution in [0.25, 0.3) is 0 Å². The highest BCUT2D eigenvalue weighted by molar-refractivity contribution is 7.89. The lowest BCUT2D eigenvalue weighted by atomic mass is 10.1. The number of fused-ring (bicyclic) bond motifs is 1. The molecule has 0 bridgehead atoms. The van der Waals surface area contributed by atoms with Crippen molar-refractivity contribution in [1.82, 2.24) is 4.31 Å². The number of halogens is 3. The minimum atomic E-state index is -6.10. The van der Waals surface area contributed by atoms with Crippen LogP contribution in [0.15, 0.2) is 71.6 Å². The van der Waals surface area contributed by atoms with Gasteiger partial charge in [0, 0.05) is 45.0 Å². The van der Waals surface area contributed by atoms with Crippen LogP contribution in [-0.2, 0) is 26.7 Å². The Bertz CT molecular complexity index is 1630. The zero-order valence-electron chi connectivity index (χ0n) is 24.2. The van der Waals surface area contributed by atoms with Crippen molar-refractivity contribution < 1.29 is 38.9 Å². The van der Waals surface area contributed by atoms with Crippen LogP contribution in [0, 0.1) is 0 Å². The molecule has 1 atom stereocenters. The van der Waals surface area contributed by atoms with E-state index in [4.69, 9.17) is 4.74 Å². The zero-order chi connectivity index (χ0) is 31.6. The Balaban J connectivity index is 1.98. The third-order valence-corrected chi connectivity index (χ3v) is 10.0. The molecule has 0 spiro atoms. The maximum atomic E-state index is 14.5. The van der Waals surface area contributed by atoms with E-state index in [1.165, 1.54) is 36.5 Å². The average molecular weight is 642 g/mol. The van der Waals surface area contributed by atoms with E-state index in [0.29, 0.717) is 23.4 Å². The van der Waals surface area contributed by atoms with Crippen molar-refractivity contribution in [3.8, 4) is 11.5 Å². The molecule has 14 heteroatoms. The second-order valence-corrected chi connectivity index (χ2v) is 13.7. The fourth-order valence-electron chi connectivity index (χ4n) is 4.91. The number of hydrogen-bond donors (Lipinski definition) is 0. The molecule has 0 amide bonds. The Morgan fingerprint density at radius 3 is 2.23 bits per heavy atom. The monoisotopic (exact) mass is 641 g/mol. The number of alkyl halides is 3. The van der Waals surface area contributed by atoms with Gasteiger partial charge in [-0.1, -0.05) is 50.1 Å². The Morgan fingerprint density at radius 2 is 1.67 bits per heavy atom. The van der Waals surface area contributed by atoms with Gasteiger partial charge in [0.15, 0.2) is 5.75 Å². The molecule has 0 N–H and O–H groups in total. The normalized spacial score (nSPS) is 17.2. The topological polar surface area (TPSA) is 96.5 Å². The molecule has 234 valence electrons. The molecule has 1 heterocycles. The highest BCUT2D eigenvalue weighted by atomic mass is 32.2. The van der Waals surface area contributed by atoms with E-state index >= 15 is 0 Å². The molecular weight excluding hydrogens is 607 g/mol. The summed E-state index contributed by atoms with van der Waals surface area (Å²) in [7, 11) is -6.02. The van der Waals surface area contributed by atoms with Gasteiger partial charge >= 0.3 is 15.6 Å². The van der Waals surface area contributed by atoms with E-state index in [1.54, 1.807) is 53.4 Å². The number of unbranched alkanes of at least 4 members (excludes halogenated alkanes) is 1. The molecular formula is C29H34F3N3O6S2. The van der Waals surface area contributed by atoms with Crippen LogP contribution in [-0.4, -0.2) is 60.4 Å². The minimum absolute atomic E-state index is 0.0325. The van der Waals surface area contributed by atoms with Crippen molar-refractivity contribution in [3.05, 3.63) is 72.3 Å². The van der Waals surface area contributed by atoms with Gasteiger partial charge in [-0.2, -0.15) is 25.9 Å². The van der Waals surface area contributed by atoms with Crippen LogP contribution >= 0.6 is 0 Å². The molecule has 1 aliphatic heterocycles. The summed E-state index contributed by atoms with van der Waals surface area (Å²) in [5.74, 6) is -0.163. The number of anilines is 3. The van der Waals surface area contributed by atoms with Crippen molar-refractivity contribution >= 4 is 37.2 Å². The average Bonchev–Trinajstić information content (AvgIpc) is 3.04. The third kappa shape index (κ3) is 6.86. The van der Waals surface area contributed by atoms with Gasteiger partial charge in [-0.15, -0.1) is 0 Å². The SMILES string of the molecule is CCCC[C@@H]1CN(c2ccccc2)c2cc(N(C)C)c(OS(=O)(=O)C(F)(F)F)cc2S(=O)(=O)N1Cc1ccc(OC)cc1. The summed E-state index contributed by atoms with van der Waals surface area (Å²) in [4.78, 5) is 2.80. The summed E-state index contributed by atoms with van der Waals surface area (Å²) in [5, 5.41) is 0. The van der Waals surface area contributed by atoms with Gasteiger partial charge in [0.1, 0.15) is 10.6 Å². The van der Waals surface area contributed by atoms with Crippen LogP contribution in [0.3, 0.4) is 0 Å². The second-order valence-electron chi connectivity index (χ2n) is 10.3. The van der Waals surface area contributed by atoms with Crippen LogP contribution < -0.4 is 18.7 Å². The summed E-state index contributed by atoms with van der Waals surface area (Å²) in [5.41, 5.74) is -4.25. The van der Waals surface area contributed by atoms with Gasteiger partial charge in [-0.3, -0.25) is 0 Å². The fourth-order valence-corrected chi connectivity index (χ4v) is 7.20. The molecule has 3 aromatic rings. The lowest BCUT2D eigenvalue weighted by Gasteiger charge is -2.32. The Kier molecular flexibility index (Phi) is 9.52. The van der Waals surface area contributed by atoms with Gasteiger partial charge < -0.3 is 18.7 Å². The quantitative estimate of drug-likeness (QED) is 0.200. The Hall–Kier alpha value is -3.49. The summed E-state index contributed by atoms with van der Waals surface area (Å²) < 4.78 is 104. The first-order chi connectivity index (χ1) is 20.2. The number of hydrogen-bond acceptors (Lipinski definition) is 8. The van der Waals surface area contributed by atoms with E-state index in [1.807, 2.05) is 13.0 Å². The molecule has 0 unspecified atom stereocenters. The lowest BCUT2D eigenvalue weighted by molar-refractivity contribution is -0.0499. The number of rotatable bonds is 10. The number of nitrogens with zero attached hydrogens (tertiary/aromatic N) is 3. The molecule has 0 radical (unpaired) electrons. The van der Waals surface area contributed by atoms with Crippen molar-refractivity contribution in [2.75, 3.05) is 37.5 Å². The third-order valence-electron chi connectivity index (χ3n) is 7.14. The van der Waals surface area contributed by atoms with E-state index in [2.05, 4.69) is 4.18 Å². The molecule has 0 aromatic heterocycles. The predicted octanol–water partition coefficient (Wildman–Crippen LogP) is 5.89. The molecule has 1 aliphatic rings. The molecule has 0 saturated heterocycles. The summed E-state index contributed by atoms with van der Waals surface area (Å²) in [6.45, 7) is 2.20. The lowest BCUT2D eigenvalue weighted by Crippen LogP contribution is -2.43. The van der Waals surface area contributed by atoms with E-state index in [0.717, 1.165) is 18.9 Å². The first kappa shape index (κ1) is 32.4. The number of ether oxygens (including phenoxy) is 1. The molecule has 4 rings (SSSR count). The van der Waals surface area contributed by atoms with Crippen molar-refractivity contribution in [2.24, 2.45) is 0 Å². The number of sulfonamides is 1. The van der Waals surface area contributed by atoms with Gasteiger partial charge in [0.05, 0.1) is 18.5 Å². The van der Waals surface area contributed by atoms with Gasteiger partial charge in [-0.05, 0) is 42.3 Å². The standard InChI is InChI=1S/C29H34F3N3O6S2/c1-5-6-10-23-20-34(22-11-8-7-9-12-22)26-17-25(33(2)3)27(41-43(38,39)29(30,31)32)18-28(26)42(36,37)35(23)19-21-13-15-24(40-4)16-14-21/h7-9,11-18,23H,5-6,10,19-20H2,1-4H3/t23-/m1/s1.